The van der Waals surface area contributed by atoms with Crippen molar-refractivity contribution < 1.29 is 19.4 Å². The van der Waals surface area contributed by atoms with Crippen LogP contribution in [0.4, 0.5) is 0 Å². The lowest BCUT2D eigenvalue weighted by atomic mass is 10.1. The fraction of sp³-hybridized carbons (Fsp3) is 0.500. The second-order valence-electron chi connectivity index (χ2n) is 3.00. The third kappa shape index (κ3) is 10.5. The lowest BCUT2D eigenvalue weighted by Gasteiger charge is -1.98. The van der Waals surface area contributed by atoms with E-state index in [9.17, 15) is 9.59 Å². The number of rotatable bonds is 6. The molecule has 0 amide bonds. The van der Waals surface area contributed by atoms with E-state index in [1.165, 1.54) is 6.08 Å². The molecule has 0 radical (unpaired) electrons. The van der Waals surface area contributed by atoms with Crippen LogP contribution >= 0.6 is 0 Å². The Morgan fingerprint density at radius 2 is 1.94 bits per heavy atom. The van der Waals surface area contributed by atoms with Crippen LogP contribution in [-0.4, -0.2) is 17.0 Å². The van der Waals surface area contributed by atoms with Gasteiger partial charge in [0.15, 0.2) is 0 Å². The molecular formula is C12H20O4. The second kappa shape index (κ2) is 11.5. The zero-order chi connectivity index (χ0) is 13.0. The van der Waals surface area contributed by atoms with Crippen molar-refractivity contribution in [1.29, 1.82) is 0 Å². The quantitative estimate of drug-likeness (QED) is 0.431. The molecule has 0 rings (SSSR count). The van der Waals surface area contributed by atoms with Crippen LogP contribution in [0, 0.1) is 5.92 Å². The molecule has 92 valence electrons. The molecule has 0 bridgehead atoms. The summed E-state index contributed by atoms with van der Waals surface area (Å²) in [5.74, 6) is -1.36. The van der Waals surface area contributed by atoms with Gasteiger partial charge in [-0.25, -0.2) is 0 Å². The predicted octanol–water partition coefficient (Wildman–Crippen LogP) is 2.76. The smallest absolute Gasteiger partial charge is 0.310 e. The summed E-state index contributed by atoms with van der Waals surface area (Å²) >= 11 is 0. The van der Waals surface area contributed by atoms with Gasteiger partial charge in [-0.3, -0.25) is 9.59 Å². The number of carboxylic acids is 1. The number of carboxylic acid groups (broad SMARTS) is 1. The maximum atomic E-state index is 10.3. The molecule has 0 saturated carbocycles. The normalized spacial score (nSPS) is 10.4. The highest BCUT2D eigenvalue weighted by atomic mass is 16.5. The van der Waals surface area contributed by atoms with Crippen molar-refractivity contribution in [1.82, 2.24) is 0 Å². The summed E-state index contributed by atoms with van der Waals surface area (Å²) in [6.45, 7) is 10.4. The Kier molecular flexibility index (Phi) is 12.1. The molecule has 0 heterocycles. The van der Waals surface area contributed by atoms with Gasteiger partial charge in [-0.1, -0.05) is 26.5 Å². The van der Waals surface area contributed by atoms with E-state index >= 15 is 0 Å². The van der Waals surface area contributed by atoms with Gasteiger partial charge in [-0.15, -0.1) is 6.58 Å². The van der Waals surface area contributed by atoms with Gasteiger partial charge in [0.25, 0.3) is 0 Å². The van der Waals surface area contributed by atoms with Crippen LogP contribution in [0.25, 0.3) is 0 Å². The van der Waals surface area contributed by atoms with Crippen LogP contribution < -0.4 is 0 Å². The van der Waals surface area contributed by atoms with Gasteiger partial charge in [0.1, 0.15) is 0 Å². The van der Waals surface area contributed by atoms with Gasteiger partial charge < -0.3 is 9.84 Å². The van der Waals surface area contributed by atoms with Crippen molar-refractivity contribution in [2.75, 3.05) is 0 Å². The highest BCUT2D eigenvalue weighted by Crippen LogP contribution is 2.01. The number of hydrogen-bond donors (Lipinski definition) is 1. The summed E-state index contributed by atoms with van der Waals surface area (Å²) in [6.07, 6.45) is 4.53. The zero-order valence-corrected chi connectivity index (χ0v) is 9.94. The van der Waals surface area contributed by atoms with Crippen molar-refractivity contribution in [2.24, 2.45) is 5.92 Å². The molecule has 4 nitrogen and oxygen atoms in total. The van der Waals surface area contributed by atoms with E-state index in [4.69, 9.17) is 5.11 Å². The molecule has 1 N–H and O–H groups in total. The van der Waals surface area contributed by atoms with E-state index in [-0.39, 0.29) is 11.9 Å². The van der Waals surface area contributed by atoms with Gasteiger partial charge in [0, 0.05) is 6.42 Å². The molecule has 0 aromatic carbocycles. The van der Waals surface area contributed by atoms with Crippen LogP contribution in [0.15, 0.2) is 25.5 Å². The Morgan fingerprint density at radius 3 is 2.12 bits per heavy atom. The number of hydrogen-bond acceptors (Lipinski definition) is 3. The van der Waals surface area contributed by atoms with E-state index in [0.717, 1.165) is 12.7 Å². The number of carbonyl (C=O) groups is 2. The highest BCUT2D eigenvalue weighted by molar-refractivity contribution is 5.71. The van der Waals surface area contributed by atoms with Crippen LogP contribution in [0.1, 0.15) is 33.1 Å². The maximum Gasteiger partial charge on any atom is 0.310 e. The van der Waals surface area contributed by atoms with E-state index in [1.807, 2.05) is 13.8 Å². The van der Waals surface area contributed by atoms with E-state index < -0.39 is 5.97 Å². The summed E-state index contributed by atoms with van der Waals surface area (Å²) in [7, 11) is 0. The molecule has 0 aliphatic heterocycles. The first kappa shape index (κ1) is 16.8. The molecule has 0 spiro atoms. The summed E-state index contributed by atoms with van der Waals surface area (Å²) in [5, 5.41) is 8.30. The lowest BCUT2D eigenvalue weighted by molar-refractivity contribution is -0.140. The van der Waals surface area contributed by atoms with Gasteiger partial charge in [0.2, 0.25) is 0 Å². The summed E-state index contributed by atoms with van der Waals surface area (Å²) in [5.41, 5.74) is 0. The monoisotopic (exact) mass is 228 g/mol. The molecule has 16 heavy (non-hydrogen) atoms. The number of ether oxygens (including phenoxy) is 1. The Balaban J connectivity index is 0. The Labute approximate surface area is 96.6 Å². The molecule has 4 heteroatoms. The zero-order valence-electron chi connectivity index (χ0n) is 9.94. The van der Waals surface area contributed by atoms with E-state index in [1.54, 1.807) is 0 Å². The Hall–Kier alpha value is -1.58. The molecule has 0 fully saturated rings. The number of esters is 1. The van der Waals surface area contributed by atoms with Crippen LogP contribution in [0.5, 0.6) is 0 Å². The van der Waals surface area contributed by atoms with Crippen molar-refractivity contribution in [3.8, 4) is 0 Å². The number of carbonyl (C=O) groups excluding carboxylic acids is 1. The van der Waals surface area contributed by atoms with Gasteiger partial charge in [-0.05, 0) is 12.8 Å². The molecule has 0 aliphatic rings. The topological polar surface area (TPSA) is 63.6 Å². The SMILES string of the molecule is C=CC(CC)C(=O)O.C=COC(=O)CCC. The van der Waals surface area contributed by atoms with Crippen molar-refractivity contribution >= 4 is 11.9 Å². The largest absolute Gasteiger partial charge is 0.481 e. The van der Waals surface area contributed by atoms with Gasteiger partial charge in [0.05, 0.1) is 12.2 Å². The van der Waals surface area contributed by atoms with Crippen LogP contribution in [0.3, 0.4) is 0 Å². The van der Waals surface area contributed by atoms with Gasteiger partial charge in [-0.2, -0.15) is 0 Å². The van der Waals surface area contributed by atoms with E-state index in [0.29, 0.717) is 12.8 Å². The minimum atomic E-state index is -0.789. The minimum Gasteiger partial charge on any atom is -0.481 e. The molecule has 0 saturated heterocycles. The van der Waals surface area contributed by atoms with Gasteiger partial charge >= 0.3 is 11.9 Å². The summed E-state index contributed by atoms with van der Waals surface area (Å²) in [4.78, 5) is 20.4. The Bertz CT molecular complexity index is 231. The first-order valence-corrected chi connectivity index (χ1v) is 5.19. The lowest BCUT2D eigenvalue weighted by Crippen LogP contribution is -2.08. The highest BCUT2D eigenvalue weighted by Gasteiger charge is 2.07. The molecule has 1 unspecified atom stereocenters. The number of aliphatic carboxylic acids is 1. The third-order valence-corrected chi connectivity index (χ3v) is 1.71. The van der Waals surface area contributed by atoms with Crippen molar-refractivity contribution in [2.45, 2.75) is 33.1 Å². The summed E-state index contributed by atoms with van der Waals surface area (Å²) < 4.78 is 4.41. The molecule has 1 atom stereocenters. The van der Waals surface area contributed by atoms with Crippen molar-refractivity contribution in [3.05, 3.63) is 25.5 Å². The van der Waals surface area contributed by atoms with Crippen LogP contribution in [0.2, 0.25) is 0 Å². The first-order chi connectivity index (χ1) is 7.53. The minimum absolute atomic E-state index is 0.206. The average Bonchev–Trinajstić information content (AvgIpc) is 2.20. The molecule has 0 aliphatic carbocycles. The third-order valence-electron chi connectivity index (χ3n) is 1.71. The predicted molar refractivity (Wildman–Crippen MR) is 62.8 cm³/mol. The fourth-order valence-electron chi connectivity index (χ4n) is 0.798. The molecule has 0 aromatic rings. The molecular weight excluding hydrogens is 208 g/mol. The second-order valence-corrected chi connectivity index (χ2v) is 3.00. The average molecular weight is 228 g/mol. The van der Waals surface area contributed by atoms with Crippen LogP contribution in [-0.2, 0) is 14.3 Å². The fourth-order valence-corrected chi connectivity index (χ4v) is 0.798. The summed E-state index contributed by atoms with van der Waals surface area (Å²) in [6, 6.07) is 0. The maximum absolute atomic E-state index is 10.3. The van der Waals surface area contributed by atoms with E-state index in [2.05, 4.69) is 17.9 Å². The first-order valence-electron chi connectivity index (χ1n) is 5.19. The molecule has 0 aromatic heterocycles. The Morgan fingerprint density at radius 1 is 1.38 bits per heavy atom. The standard InChI is InChI=1S/2C6H10O2/c1-3-5-6(7)8-4-2;1-3-5(4-2)6(7)8/h4H,2-3,5H2,1H3;3,5H,1,4H2,2H3,(H,7,8). The van der Waals surface area contributed by atoms with Crippen molar-refractivity contribution in [3.63, 3.8) is 0 Å².